The van der Waals surface area contributed by atoms with Crippen LogP contribution in [0.5, 0.6) is 0 Å². The Morgan fingerprint density at radius 1 is 0.576 bits per heavy atom. The maximum Gasteiger partial charge on any atom is 0.407 e. The highest BCUT2D eigenvalue weighted by atomic mass is 79.9. The van der Waals surface area contributed by atoms with Crippen LogP contribution >= 0.6 is 15.9 Å². The number of hydrogen-bond acceptors (Lipinski definition) is 12. The molecule has 6 amide bonds. The molecule has 8 atom stereocenters. The van der Waals surface area contributed by atoms with Gasteiger partial charge >= 0.3 is 18.3 Å². The molecule has 6 aromatic rings. The summed E-state index contributed by atoms with van der Waals surface area (Å²) in [5, 5.41) is 10.3. The van der Waals surface area contributed by atoms with E-state index in [-0.39, 0.29) is 71.6 Å². The lowest BCUT2D eigenvalue weighted by Gasteiger charge is -2.31. The second-order valence-corrected chi connectivity index (χ2v) is 26.4. The Kier molecular flexibility index (Phi) is 20.0. The van der Waals surface area contributed by atoms with Crippen molar-refractivity contribution < 1.29 is 43.0 Å². The summed E-state index contributed by atoms with van der Waals surface area (Å²) < 4.78 is 15.2. The van der Waals surface area contributed by atoms with E-state index < -0.39 is 42.4 Å². The van der Waals surface area contributed by atoms with Crippen LogP contribution in [0.2, 0.25) is 0 Å². The molecular weight excluding hydrogens is 1230 g/mol. The summed E-state index contributed by atoms with van der Waals surface area (Å²) in [6, 6.07) is 25.2. The van der Waals surface area contributed by atoms with E-state index in [4.69, 9.17) is 27.6 Å². The van der Waals surface area contributed by atoms with Crippen LogP contribution in [0.25, 0.3) is 59.7 Å². The first-order valence-corrected chi connectivity index (χ1v) is 31.9. The monoisotopic (exact) mass is 1310 g/mol. The highest BCUT2D eigenvalue weighted by Gasteiger charge is 2.55. The van der Waals surface area contributed by atoms with E-state index >= 15 is 0 Å². The number of hydrogen-bond donors (Lipinski definition) is 5. The number of methoxy groups -OCH3 is 3. The Labute approximate surface area is 544 Å². The van der Waals surface area contributed by atoms with Gasteiger partial charge in [-0.25, -0.2) is 37.5 Å². The minimum atomic E-state index is -0.799. The lowest BCUT2D eigenvalue weighted by molar-refractivity contribution is -0.136. The highest BCUT2D eigenvalue weighted by Crippen LogP contribution is 2.56. The number of halogens is 1. The van der Waals surface area contributed by atoms with E-state index in [0.717, 1.165) is 85.0 Å². The van der Waals surface area contributed by atoms with Gasteiger partial charge in [0.2, 0.25) is 29.8 Å². The topological polar surface area (TPSA) is 254 Å². The third-order valence-corrected chi connectivity index (χ3v) is 18.8. The summed E-state index contributed by atoms with van der Waals surface area (Å²) in [6.07, 6.45) is 8.21. The molecule has 2 aromatic heterocycles. The standard InChI is InChI=1S/C48H54N8O6.C21H24BrN5O3/c1-27(2)41(53-46(59)61-6)44(57)55-25-36(49-5)21-39(55)43-51-24-38(52-43)30-10-8-29(9-11-30)31-12-13-33-19-34(15-14-32(33)18-31)35-20-37(50-23-35)40-22-48(16-17-48)26-56(40)45(58)42(28(3)4)54-47(60)62-7;1-12(2)18(26-21(29)30-4)20(28)27-11-15(23-3)9-17(27)19-24-10-16(25-19)13-5-7-14(22)8-6-13/h8-15,18-19,23-24,27-28,36,39-42H,16-17,20-22,25-26H2,1-4,6-7H3,(H,51,52)(H,53,59)(H,54,60);5-8,10,12,15,17-18H,9,11H2,1-2,4H3,(H,24,25)(H,26,29)/t36-,39-,40-,41-,42-;15-,17-,18-/m00/s1. The Hall–Kier alpha value is -9.35. The van der Waals surface area contributed by atoms with Gasteiger partial charge in [0.05, 0.1) is 89.2 Å². The molecule has 0 radical (unpaired) electrons. The Morgan fingerprint density at radius 2 is 0.989 bits per heavy atom. The molecule has 480 valence electrons. The molecule has 92 heavy (non-hydrogen) atoms. The second kappa shape index (κ2) is 28.0. The molecule has 4 aromatic carbocycles. The summed E-state index contributed by atoms with van der Waals surface area (Å²) in [6.45, 7) is 27.7. The molecule has 1 spiro atoms. The number of aromatic nitrogens is 4. The first-order chi connectivity index (χ1) is 44.1. The average molecular weight is 1310 g/mol. The normalized spacial score (nSPS) is 20.6. The van der Waals surface area contributed by atoms with Crippen LogP contribution in [-0.4, -0.2) is 154 Å². The van der Waals surface area contributed by atoms with Crippen molar-refractivity contribution in [2.45, 2.75) is 128 Å². The van der Waals surface area contributed by atoms with Crippen molar-refractivity contribution in [3.8, 4) is 33.6 Å². The van der Waals surface area contributed by atoms with Crippen LogP contribution in [0.1, 0.15) is 109 Å². The van der Waals surface area contributed by atoms with Crippen molar-refractivity contribution in [1.82, 2.24) is 50.6 Å². The number of alkyl carbamates (subject to hydrolysis) is 3. The van der Waals surface area contributed by atoms with Crippen molar-refractivity contribution >= 4 is 74.0 Å². The summed E-state index contributed by atoms with van der Waals surface area (Å²) in [7, 11) is 3.83. The molecule has 6 heterocycles. The first kappa shape index (κ1) is 65.6. The number of likely N-dealkylation sites (tertiary alicyclic amines) is 3. The fourth-order valence-corrected chi connectivity index (χ4v) is 13.1. The lowest BCUT2D eigenvalue weighted by Crippen LogP contribution is -2.53. The summed E-state index contributed by atoms with van der Waals surface area (Å²) in [5.41, 5.74) is 9.06. The van der Waals surface area contributed by atoms with Gasteiger partial charge < -0.3 is 64.5 Å². The van der Waals surface area contributed by atoms with Crippen molar-refractivity contribution in [2.75, 3.05) is 41.0 Å². The number of nitrogens with one attached hydrogen (secondary N) is 5. The number of H-pyrrole nitrogens is 2. The predicted octanol–water partition coefficient (Wildman–Crippen LogP) is 11.6. The van der Waals surface area contributed by atoms with Gasteiger partial charge in [0.1, 0.15) is 29.8 Å². The molecule has 22 nitrogen and oxygen atoms in total. The van der Waals surface area contributed by atoms with Gasteiger partial charge in [0.25, 0.3) is 0 Å². The number of aliphatic imine (C=N–C) groups is 1. The molecule has 1 saturated carbocycles. The van der Waals surface area contributed by atoms with Crippen molar-refractivity contribution in [1.29, 1.82) is 0 Å². The molecule has 1 aliphatic carbocycles. The van der Waals surface area contributed by atoms with E-state index in [1.807, 2.05) is 89.0 Å². The van der Waals surface area contributed by atoms with Gasteiger partial charge in [-0.2, -0.15) is 0 Å². The highest BCUT2D eigenvalue weighted by molar-refractivity contribution is 9.10. The Bertz CT molecular complexity index is 3900. The quantitative estimate of drug-likeness (QED) is 0.0450. The Balaban J connectivity index is 0.000000259. The van der Waals surface area contributed by atoms with Gasteiger partial charge in [-0.1, -0.05) is 118 Å². The fraction of sp³-hybridized carbons (Fsp3) is 0.435. The van der Waals surface area contributed by atoms with E-state index in [9.17, 15) is 28.8 Å². The number of fused-ring (bicyclic) bond motifs is 1. The number of allylic oxidation sites excluding steroid dienone is 1. The lowest BCUT2D eigenvalue weighted by atomic mass is 9.93. The third-order valence-electron chi connectivity index (χ3n) is 18.3. The number of carbonyl (C=O) groups is 6. The molecule has 4 aliphatic heterocycles. The van der Waals surface area contributed by atoms with Crippen molar-refractivity contribution in [3.05, 3.63) is 148 Å². The maximum atomic E-state index is 13.9. The number of ether oxygens (including phenoxy) is 3. The van der Waals surface area contributed by atoms with Crippen LogP contribution in [0, 0.1) is 36.3 Å². The molecule has 11 rings (SSSR count). The zero-order valence-electron chi connectivity index (χ0n) is 53.2. The van der Waals surface area contributed by atoms with E-state index in [2.05, 4.69) is 115 Å². The zero-order valence-corrected chi connectivity index (χ0v) is 54.7. The van der Waals surface area contributed by atoms with Gasteiger partial charge in [0.15, 0.2) is 0 Å². The first-order valence-electron chi connectivity index (χ1n) is 31.1. The van der Waals surface area contributed by atoms with E-state index in [1.54, 1.807) is 22.2 Å². The summed E-state index contributed by atoms with van der Waals surface area (Å²) >= 11 is 3.43. The zero-order chi connectivity index (χ0) is 65.7. The Morgan fingerprint density at radius 3 is 1.42 bits per heavy atom. The fourth-order valence-electron chi connectivity index (χ4n) is 12.8. The molecule has 23 heteroatoms. The van der Waals surface area contributed by atoms with Crippen molar-refractivity contribution in [2.24, 2.45) is 28.2 Å². The number of nitrogens with zero attached hydrogens (tertiary/aromatic N) is 8. The number of benzene rings is 4. The molecule has 5 N–H and O–H groups in total. The van der Waals surface area contributed by atoms with E-state index in [0.29, 0.717) is 44.0 Å². The number of carbonyl (C=O) groups excluding carboxylic acids is 6. The number of rotatable bonds is 16. The average Bonchev–Trinajstić information content (AvgIpc) is 1.58. The van der Waals surface area contributed by atoms with Crippen LogP contribution in [0.3, 0.4) is 0 Å². The van der Waals surface area contributed by atoms with Gasteiger partial charge in [-0.05, 0) is 111 Å². The minimum Gasteiger partial charge on any atom is -0.453 e. The molecular formula is C69H78BrN13O9. The molecule has 4 fully saturated rings. The van der Waals surface area contributed by atoms with Crippen LogP contribution in [-0.2, 0) is 28.6 Å². The summed E-state index contributed by atoms with van der Waals surface area (Å²) in [5.74, 6) is 0.222. The molecule has 3 saturated heterocycles. The number of imidazole rings is 2. The van der Waals surface area contributed by atoms with E-state index in [1.165, 1.54) is 21.3 Å². The minimum absolute atomic E-state index is 0.0767. The number of amides is 6. The predicted molar refractivity (Wildman–Crippen MR) is 352 cm³/mol. The third kappa shape index (κ3) is 14.4. The molecule has 5 aliphatic rings. The van der Waals surface area contributed by atoms with Crippen molar-refractivity contribution in [3.63, 3.8) is 0 Å². The summed E-state index contributed by atoms with van der Waals surface area (Å²) in [4.78, 5) is 110. The maximum absolute atomic E-state index is 13.9. The smallest absolute Gasteiger partial charge is 0.407 e. The van der Waals surface area contributed by atoms with Gasteiger partial charge in [0, 0.05) is 29.3 Å². The van der Waals surface area contributed by atoms with Crippen LogP contribution in [0.4, 0.5) is 14.4 Å². The molecule has 0 bridgehead atoms. The van der Waals surface area contributed by atoms with Gasteiger partial charge in [-0.3, -0.25) is 19.4 Å². The SMILES string of the molecule is [C-]#[N+][C@H]1C[C@@H](c2ncc(-c3ccc(-c4ccc5cc(C6=CN=C([C@@H]7CC8(CC8)CN7C(=O)[C@@H](NC(=O)OC)C(C)C)C6)ccc5c4)cc3)[nH]2)N(C(=O)[C@@H](NC(=O)OC)C(C)C)C1.[C-]#[N+][C@H]1C[C@@H](c2ncc(-c3ccc(Br)cc3)[nH]2)N(C(=O)[C@@H](NC(=O)OC)C(C)C)C1. The van der Waals surface area contributed by atoms with Crippen LogP contribution in [0.15, 0.2) is 113 Å². The second-order valence-electron chi connectivity index (χ2n) is 25.5. The number of aromatic amines is 2. The largest absolute Gasteiger partial charge is 0.453 e. The van der Waals surface area contributed by atoms with Crippen LogP contribution < -0.4 is 16.0 Å². The van der Waals surface area contributed by atoms with Gasteiger partial charge in [-0.15, -0.1) is 0 Å². The molecule has 0 unspecified atom stereocenters.